The standard InChI is InChI=1S/C18H12F17NO5S/c1-36(6-10(37)38)42(39,40)9-4-2-8(3-5-9)41-18(34,35)17(32,33)16(30,31)15(28,29)14(26,27)13(24,25)12(22,23)11(20,21)7-19/h2-5H,6-7H2,1H3,(H,37,38). The van der Waals surface area contributed by atoms with Crippen LogP contribution in [0.3, 0.4) is 0 Å². The molecule has 6 nitrogen and oxygen atoms in total. The average Bonchev–Trinajstić information content (AvgIpc) is 2.82. The fourth-order valence-electron chi connectivity index (χ4n) is 2.63. The number of hydrogen-bond donors (Lipinski definition) is 1. The van der Waals surface area contributed by atoms with Crippen molar-refractivity contribution in [2.75, 3.05) is 20.3 Å². The van der Waals surface area contributed by atoms with Crippen molar-refractivity contribution in [2.45, 2.75) is 52.5 Å². The molecule has 0 spiro atoms. The van der Waals surface area contributed by atoms with Gasteiger partial charge in [0.25, 0.3) is 0 Å². The van der Waals surface area contributed by atoms with Crippen molar-refractivity contribution >= 4 is 16.0 Å². The maximum absolute atomic E-state index is 14.0. The summed E-state index contributed by atoms with van der Waals surface area (Å²) in [5.41, 5.74) is 0. The molecular formula is C18H12F17NO5S. The first-order valence-electron chi connectivity index (χ1n) is 9.89. The Morgan fingerprint density at radius 3 is 1.43 bits per heavy atom. The molecule has 1 N–H and O–H groups in total. The summed E-state index contributed by atoms with van der Waals surface area (Å²) < 4.78 is 257. The molecule has 0 aromatic heterocycles. The molecule has 0 heterocycles. The van der Waals surface area contributed by atoms with E-state index in [-0.39, 0.29) is 28.6 Å². The Morgan fingerprint density at radius 1 is 0.714 bits per heavy atom. The molecule has 0 bridgehead atoms. The number of likely N-dealkylation sites (N-methyl/N-ethyl adjacent to an activating group) is 1. The topological polar surface area (TPSA) is 83.9 Å². The lowest BCUT2D eigenvalue weighted by Crippen LogP contribution is -2.75. The van der Waals surface area contributed by atoms with Crippen LogP contribution in [0.25, 0.3) is 0 Å². The monoisotopic (exact) mass is 677 g/mol. The van der Waals surface area contributed by atoms with Crippen molar-refractivity contribution in [1.82, 2.24) is 4.31 Å². The molecule has 0 radical (unpaired) electrons. The van der Waals surface area contributed by atoms with Gasteiger partial charge in [0.05, 0.1) is 4.90 Å². The van der Waals surface area contributed by atoms with E-state index in [1.807, 2.05) is 0 Å². The lowest BCUT2D eigenvalue weighted by Gasteiger charge is -2.43. The van der Waals surface area contributed by atoms with Crippen molar-refractivity contribution in [1.29, 1.82) is 0 Å². The predicted molar refractivity (Wildman–Crippen MR) is 100 cm³/mol. The van der Waals surface area contributed by atoms with Gasteiger partial charge in [-0.2, -0.15) is 74.6 Å². The first-order chi connectivity index (χ1) is 18.3. The van der Waals surface area contributed by atoms with E-state index in [1.54, 1.807) is 0 Å². The fourth-order valence-corrected chi connectivity index (χ4v) is 3.75. The highest BCUT2D eigenvalue weighted by Crippen LogP contribution is 2.63. The average molecular weight is 677 g/mol. The number of carboxylic acid groups (broad SMARTS) is 1. The molecule has 0 aliphatic rings. The van der Waals surface area contributed by atoms with Gasteiger partial charge in [-0.15, -0.1) is 0 Å². The number of alkyl halides is 17. The quantitative estimate of drug-likeness (QED) is 0.253. The molecule has 0 atom stereocenters. The van der Waals surface area contributed by atoms with Gasteiger partial charge in [-0.3, -0.25) is 4.79 Å². The first kappa shape index (κ1) is 37.2. The molecule has 42 heavy (non-hydrogen) atoms. The molecule has 1 aromatic carbocycles. The lowest BCUT2D eigenvalue weighted by atomic mass is 9.89. The van der Waals surface area contributed by atoms with Crippen LogP contribution in [0.4, 0.5) is 74.6 Å². The van der Waals surface area contributed by atoms with Crippen LogP contribution in [-0.4, -0.2) is 91.6 Å². The summed E-state index contributed by atoms with van der Waals surface area (Å²) in [7, 11) is -4.11. The highest BCUT2D eigenvalue weighted by molar-refractivity contribution is 7.89. The van der Waals surface area contributed by atoms with E-state index >= 15 is 0 Å². The molecule has 0 saturated heterocycles. The minimum atomic E-state index is -8.73. The Balaban J connectivity index is 3.52. The number of halogens is 17. The molecule has 1 aromatic rings. The number of sulfonamides is 1. The lowest BCUT2D eigenvalue weighted by molar-refractivity contribution is -0.465. The van der Waals surface area contributed by atoms with Crippen LogP contribution in [0.1, 0.15) is 0 Å². The zero-order chi connectivity index (χ0) is 33.8. The summed E-state index contributed by atoms with van der Waals surface area (Å²) in [5.74, 6) is -61.1. The van der Waals surface area contributed by atoms with E-state index in [0.29, 0.717) is 7.05 Å². The molecule has 0 amide bonds. The fraction of sp³-hybridized carbons (Fsp3) is 0.611. The number of carboxylic acids is 1. The van der Waals surface area contributed by atoms with Gasteiger partial charge in [0.1, 0.15) is 12.3 Å². The van der Waals surface area contributed by atoms with Crippen molar-refractivity contribution in [2.24, 2.45) is 0 Å². The molecule has 1 rings (SSSR count). The molecular weight excluding hydrogens is 665 g/mol. The van der Waals surface area contributed by atoms with Crippen LogP contribution < -0.4 is 4.74 Å². The third-order valence-electron chi connectivity index (χ3n) is 5.10. The van der Waals surface area contributed by atoms with E-state index in [2.05, 4.69) is 4.74 Å². The van der Waals surface area contributed by atoms with Crippen LogP contribution in [0.2, 0.25) is 0 Å². The SMILES string of the molecule is CN(CC(=O)O)S(=O)(=O)c1ccc(OC(F)(F)C(F)(F)C(F)(F)C(F)(F)C(F)(F)C(F)(F)C(F)(F)C(F)(F)CF)cc1. The number of benzene rings is 1. The summed E-state index contributed by atoms with van der Waals surface area (Å²) in [4.78, 5) is 9.58. The number of rotatable bonds is 14. The first-order valence-corrected chi connectivity index (χ1v) is 11.3. The zero-order valence-electron chi connectivity index (χ0n) is 19.6. The molecule has 244 valence electrons. The van der Waals surface area contributed by atoms with Gasteiger partial charge in [0.15, 0.2) is 6.67 Å². The van der Waals surface area contributed by atoms with E-state index in [4.69, 9.17) is 5.11 Å². The van der Waals surface area contributed by atoms with Crippen molar-refractivity contribution in [3.63, 3.8) is 0 Å². The van der Waals surface area contributed by atoms with Crippen LogP contribution in [0.5, 0.6) is 5.75 Å². The molecule has 0 aliphatic heterocycles. The molecule has 0 unspecified atom stereocenters. The van der Waals surface area contributed by atoms with Gasteiger partial charge in [-0.25, -0.2) is 12.8 Å². The second-order valence-corrected chi connectivity index (χ2v) is 10.1. The maximum Gasteiger partial charge on any atom is 0.471 e. The Morgan fingerprint density at radius 2 is 1.07 bits per heavy atom. The number of ether oxygens (including phenoxy) is 1. The summed E-state index contributed by atoms with van der Waals surface area (Å²) in [6, 6.07) is 0.159. The molecule has 24 heteroatoms. The Kier molecular flexibility index (Phi) is 9.51. The van der Waals surface area contributed by atoms with Gasteiger partial charge in [-0.05, 0) is 24.3 Å². The Bertz CT molecular complexity index is 1250. The van der Waals surface area contributed by atoms with Gasteiger partial charge < -0.3 is 9.84 Å². The van der Waals surface area contributed by atoms with Crippen LogP contribution in [-0.2, 0) is 14.8 Å². The van der Waals surface area contributed by atoms with Crippen molar-refractivity contribution < 1.29 is 97.7 Å². The van der Waals surface area contributed by atoms with Gasteiger partial charge in [-0.1, -0.05) is 0 Å². The molecule has 0 saturated carbocycles. The summed E-state index contributed by atoms with van der Waals surface area (Å²) in [5, 5.41) is 8.58. The minimum Gasteiger partial charge on any atom is -0.480 e. The highest BCUT2D eigenvalue weighted by Gasteiger charge is 2.95. The van der Waals surface area contributed by atoms with E-state index < -0.39 is 87.4 Å². The zero-order valence-corrected chi connectivity index (χ0v) is 20.4. The third-order valence-corrected chi connectivity index (χ3v) is 6.92. The van der Waals surface area contributed by atoms with Gasteiger partial charge >= 0.3 is 53.5 Å². The van der Waals surface area contributed by atoms with E-state index in [0.717, 1.165) is 0 Å². The molecule has 0 aliphatic carbocycles. The second kappa shape index (κ2) is 10.7. The summed E-state index contributed by atoms with van der Waals surface area (Å²) in [6.07, 6.45) is -7.17. The number of nitrogens with zero attached hydrogens (tertiary/aromatic N) is 1. The summed E-state index contributed by atoms with van der Waals surface area (Å²) >= 11 is 0. The Labute approximate surface area is 221 Å². The van der Waals surface area contributed by atoms with Crippen LogP contribution in [0, 0.1) is 0 Å². The maximum atomic E-state index is 14.0. The Hall–Kier alpha value is -2.79. The largest absolute Gasteiger partial charge is 0.480 e. The van der Waals surface area contributed by atoms with Crippen molar-refractivity contribution in [3.05, 3.63) is 24.3 Å². The van der Waals surface area contributed by atoms with Crippen LogP contribution in [0.15, 0.2) is 29.2 Å². The smallest absolute Gasteiger partial charge is 0.471 e. The second-order valence-electron chi connectivity index (χ2n) is 8.03. The van der Waals surface area contributed by atoms with E-state index in [1.165, 1.54) is 0 Å². The highest BCUT2D eigenvalue weighted by atomic mass is 32.2. The molecule has 0 fully saturated rings. The number of aliphatic carboxylic acids is 1. The van der Waals surface area contributed by atoms with E-state index in [9.17, 15) is 87.8 Å². The number of hydrogen-bond acceptors (Lipinski definition) is 4. The number of carbonyl (C=O) groups is 1. The van der Waals surface area contributed by atoms with Gasteiger partial charge in [0, 0.05) is 7.05 Å². The summed E-state index contributed by atoms with van der Waals surface area (Å²) in [6.45, 7) is -5.19. The minimum absolute atomic E-state index is 0.0792. The van der Waals surface area contributed by atoms with Crippen LogP contribution >= 0.6 is 0 Å². The van der Waals surface area contributed by atoms with Gasteiger partial charge in [0.2, 0.25) is 10.0 Å². The predicted octanol–water partition coefficient (Wildman–Crippen LogP) is 5.78. The normalized spacial score (nSPS) is 15.2. The van der Waals surface area contributed by atoms with Crippen molar-refractivity contribution in [3.8, 4) is 5.75 Å². The third kappa shape index (κ3) is 5.50.